The summed E-state index contributed by atoms with van der Waals surface area (Å²) in [5.41, 5.74) is 3.51. The predicted molar refractivity (Wildman–Crippen MR) is 47.9 cm³/mol. The van der Waals surface area contributed by atoms with Crippen molar-refractivity contribution in [2.75, 3.05) is 0 Å². The maximum absolute atomic E-state index is 10.5. The topological polar surface area (TPSA) is 37.3 Å². The summed E-state index contributed by atoms with van der Waals surface area (Å²) in [6.45, 7) is 4.06. The van der Waals surface area contributed by atoms with Gasteiger partial charge in [0, 0.05) is 0 Å². The fraction of sp³-hybridized carbons (Fsp3) is 0.500. The van der Waals surface area contributed by atoms with Crippen LogP contribution in [0.4, 0.5) is 0 Å². The Balaban J connectivity index is 2.78. The number of rotatable bonds is 2. The standard InChI is InChI=1S/C10H14O2/c1-7-3-4-8(2)9(5-7)6-10(11)12/h5H,3-4,6H2,1-2H3,(H,11,12). The van der Waals surface area contributed by atoms with E-state index in [1.807, 2.05) is 19.9 Å². The highest BCUT2D eigenvalue weighted by molar-refractivity contribution is 5.71. The second kappa shape index (κ2) is 3.57. The maximum Gasteiger partial charge on any atom is 0.307 e. The second-order valence-corrected chi connectivity index (χ2v) is 3.37. The lowest BCUT2D eigenvalue weighted by molar-refractivity contribution is -0.136. The van der Waals surface area contributed by atoms with Crippen LogP contribution in [0.25, 0.3) is 0 Å². The Labute approximate surface area is 72.6 Å². The molecule has 66 valence electrons. The van der Waals surface area contributed by atoms with E-state index in [4.69, 9.17) is 5.11 Å². The van der Waals surface area contributed by atoms with Crippen LogP contribution in [0.5, 0.6) is 0 Å². The minimum Gasteiger partial charge on any atom is -0.481 e. The molecular formula is C10H14O2. The fourth-order valence-corrected chi connectivity index (χ4v) is 1.40. The van der Waals surface area contributed by atoms with Crippen LogP contribution in [0.1, 0.15) is 33.1 Å². The second-order valence-electron chi connectivity index (χ2n) is 3.37. The third-order valence-corrected chi connectivity index (χ3v) is 2.20. The zero-order valence-electron chi connectivity index (χ0n) is 7.55. The van der Waals surface area contributed by atoms with Gasteiger partial charge in [-0.25, -0.2) is 0 Å². The van der Waals surface area contributed by atoms with Crippen molar-refractivity contribution in [3.63, 3.8) is 0 Å². The summed E-state index contributed by atoms with van der Waals surface area (Å²) in [5, 5.41) is 8.61. The fourth-order valence-electron chi connectivity index (χ4n) is 1.40. The number of carboxylic acids is 1. The van der Waals surface area contributed by atoms with Gasteiger partial charge in [0.1, 0.15) is 0 Å². The third-order valence-electron chi connectivity index (χ3n) is 2.20. The lowest BCUT2D eigenvalue weighted by Crippen LogP contribution is -2.02. The minimum absolute atomic E-state index is 0.170. The molecule has 0 aliphatic heterocycles. The molecule has 1 N–H and O–H groups in total. The average Bonchev–Trinajstić information content (AvgIpc) is 1.96. The molecule has 1 rings (SSSR count). The molecule has 2 nitrogen and oxygen atoms in total. The molecule has 0 saturated carbocycles. The van der Waals surface area contributed by atoms with Gasteiger partial charge in [-0.05, 0) is 32.3 Å². The Hall–Kier alpha value is -1.05. The van der Waals surface area contributed by atoms with Crippen molar-refractivity contribution >= 4 is 5.97 Å². The molecule has 0 amide bonds. The zero-order chi connectivity index (χ0) is 9.14. The molecule has 12 heavy (non-hydrogen) atoms. The van der Waals surface area contributed by atoms with Crippen LogP contribution >= 0.6 is 0 Å². The smallest absolute Gasteiger partial charge is 0.307 e. The first-order valence-corrected chi connectivity index (χ1v) is 4.17. The van der Waals surface area contributed by atoms with Crippen molar-refractivity contribution < 1.29 is 9.90 Å². The van der Waals surface area contributed by atoms with E-state index in [1.54, 1.807) is 0 Å². The molecule has 1 aliphatic rings. The summed E-state index contributed by atoms with van der Waals surface area (Å²) in [5.74, 6) is -0.740. The summed E-state index contributed by atoms with van der Waals surface area (Å²) in [6.07, 6.45) is 4.27. The van der Waals surface area contributed by atoms with Gasteiger partial charge in [0.15, 0.2) is 0 Å². The van der Waals surface area contributed by atoms with Crippen LogP contribution in [-0.4, -0.2) is 11.1 Å². The van der Waals surface area contributed by atoms with Crippen molar-refractivity contribution in [2.24, 2.45) is 0 Å². The Kier molecular flexibility index (Phi) is 2.69. The molecular weight excluding hydrogens is 152 g/mol. The molecule has 0 bridgehead atoms. The van der Waals surface area contributed by atoms with E-state index in [0.717, 1.165) is 18.4 Å². The van der Waals surface area contributed by atoms with Crippen LogP contribution in [0.3, 0.4) is 0 Å². The molecule has 0 fully saturated rings. The SMILES string of the molecule is CC1=CC(CC(=O)O)=C(C)CC1. The maximum atomic E-state index is 10.5. The molecule has 0 spiro atoms. The number of hydrogen-bond donors (Lipinski definition) is 1. The van der Waals surface area contributed by atoms with Gasteiger partial charge in [0.05, 0.1) is 6.42 Å². The summed E-state index contributed by atoms with van der Waals surface area (Å²) in [6, 6.07) is 0. The van der Waals surface area contributed by atoms with Gasteiger partial charge in [-0.15, -0.1) is 0 Å². The Morgan fingerprint density at radius 2 is 2.17 bits per heavy atom. The normalized spacial score (nSPS) is 17.7. The van der Waals surface area contributed by atoms with Gasteiger partial charge in [-0.1, -0.05) is 17.2 Å². The predicted octanol–water partition coefficient (Wildman–Crippen LogP) is 2.52. The third kappa shape index (κ3) is 2.22. The van der Waals surface area contributed by atoms with Gasteiger partial charge in [-0.3, -0.25) is 4.79 Å². The number of carbonyl (C=O) groups is 1. The van der Waals surface area contributed by atoms with E-state index < -0.39 is 5.97 Å². The van der Waals surface area contributed by atoms with Crippen LogP contribution in [0.15, 0.2) is 22.8 Å². The van der Waals surface area contributed by atoms with E-state index in [1.165, 1.54) is 11.1 Å². The van der Waals surface area contributed by atoms with Gasteiger partial charge >= 0.3 is 5.97 Å². The van der Waals surface area contributed by atoms with Crippen LogP contribution < -0.4 is 0 Å². The van der Waals surface area contributed by atoms with Gasteiger partial charge in [0.2, 0.25) is 0 Å². The molecule has 0 aromatic heterocycles. The lowest BCUT2D eigenvalue weighted by atomic mass is 9.92. The van der Waals surface area contributed by atoms with Crippen LogP contribution in [0, 0.1) is 0 Å². The first kappa shape index (κ1) is 9.04. The highest BCUT2D eigenvalue weighted by atomic mass is 16.4. The summed E-state index contributed by atoms with van der Waals surface area (Å²) >= 11 is 0. The van der Waals surface area contributed by atoms with Crippen LogP contribution in [-0.2, 0) is 4.79 Å². The van der Waals surface area contributed by atoms with Crippen molar-refractivity contribution in [1.82, 2.24) is 0 Å². The van der Waals surface area contributed by atoms with E-state index in [-0.39, 0.29) is 6.42 Å². The van der Waals surface area contributed by atoms with E-state index >= 15 is 0 Å². The Morgan fingerprint density at radius 1 is 1.50 bits per heavy atom. The molecule has 2 heteroatoms. The highest BCUT2D eigenvalue weighted by Crippen LogP contribution is 2.24. The van der Waals surface area contributed by atoms with Crippen LogP contribution in [0.2, 0.25) is 0 Å². The van der Waals surface area contributed by atoms with E-state index in [2.05, 4.69) is 0 Å². The summed E-state index contributed by atoms with van der Waals surface area (Å²) in [4.78, 5) is 10.5. The first-order chi connectivity index (χ1) is 5.59. The molecule has 0 radical (unpaired) electrons. The minimum atomic E-state index is -0.740. The quantitative estimate of drug-likeness (QED) is 0.684. The molecule has 0 heterocycles. The Morgan fingerprint density at radius 3 is 2.75 bits per heavy atom. The first-order valence-electron chi connectivity index (χ1n) is 4.17. The summed E-state index contributed by atoms with van der Waals surface area (Å²) in [7, 11) is 0. The number of aliphatic carboxylic acids is 1. The average molecular weight is 166 g/mol. The largest absolute Gasteiger partial charge is 0.481 e. The van der Waals surface area contributed by atoms with Crippen molar-refractivity contribution in [1.29, 1.82) is 0 Å². The van der Waals surface area contributed by atoms with E-state index in [9.17, 15) is 4.79 Å². The monoisotopic (exact) mass is 166 g/mol. The summed E-state index contributed by atoms with van der Waals surface area (Å²) < 4.78 is 0. The van der Waals surface area contributed by atoms with Crippen molar-refractivity contribution in [2.45, 2.75) is 33.1 Å². The van der Waals surface area contributed by atoms with Gasteiger partial charge in [0.25, 0.3) is 0 Å². The van der Waals surface area contributed by atoms with Gasteiger partial charge < -0.3 is 5.11 Å². The lowest BCUT2D eigenvalue weighted by Gasteiger charge is -2.13. The Bertz CT molecular complexity index is 259. The molecule has 0 aromatic rings. The molecule has 0 aromatic carbocycles. The number of carboxylic acid groups (broad SMARTS) is 1. The molecule has 0 unspecified atom stereocenters. The number of allylic oxidation sites excluding steroid dienone is 3. The van der Waals surface area contributed by atoms with Gasteiger partial charge in [-0.2, -0.15) is 0 Å². The zero-order valence-corrected chi connectivity index (χ0v) is 7.55. The van der Waals surface area contributed by atoms with E-state index in [0.29, 0.717) is 0 Å². The molecule has 0 saturated heterocycles. The molecule has 0 atom stereocenters. The molecule has 1 aliphatic carbocycles. The number of hydrogen-bond acceptors (Lipinski definition) is 1. The highest BCUT2D eigenvalue weighted by Gasteiger charge is 2.10. The van der Waals surface area contributed by atoms with Crippen molar-refractivity contribution in [3.8, 4) is 0 Å². The van der Waals surface area contributed by atoms with Crippen molar-refractivity contribution in [3.05, 3.63) is 22.8 Å².